The van der Waals surface area contributed by atoms with Crippen LogP contribution in [0.3, 0.4) is 0 Å². The van der Waals surface area contributed by atoms with Crippen molar-refractivity contribution in [2.24, 2.45) is 0 Å². The second-order valence-electron chi connectivity index (χ2n) is 7.63. The fourth-order valence-electron chi connectivity index (χ4n) is 4.18. The highest BCUT2D eigenvalue weighted by atomic mass is 15.1. The van der Waals surface area contributed by atoms with Crippen LogP contribution in [-0.4, -0.2) is 11.6 Å². The Morgan fingerprint density at radius 1 is 0.759 bits per heavy atom. The molecule has 0 fully saturated rings. The summed E-state index contributed by atoms with van der Waals surface area (Å²) in [4.78, 5) is 2.24. The SMILES string of the molecule is Cc1ccc2c(c1)c1cc(N(C)c3ccccc3)ccc1n2C1=CC=CC=CC1. The number of anilines is 2. The fourth-order valence-corrected chi connectivity index (χ4v) is 4.18. The number of para-hydroxylation sites is 1. The molecule has 3 aromatic carbocycles. The van der Waals surface area contributed by atoms with Gasteiger partial charge >= 0.3 is 0 Å². The first-order valence-electron chi connectivity index (χ1n) is 10.1. The quantitative estimate of drug-likeness (QED) is 0.366. The Morgan fingerprint density at radius 2 is 1.52 bits per heavy atom. The third-order valence-electron chi connectivity index (χ3n) is 5.70. The lowest BCUT2D eigenvalue weighted by Gasteiger charge is -2.20. The van der Waals surface area contributed by atoms with Gasteiger partial charge in [0, 0.05) is 41.3 Å². The number of hydrogen-bond acceptors (Lipinski definition) is 1. The van der Waals surface area contributed by atoms with Gasteiger partial charge < -0.3 is 9.47 Å². The highest BCUT2D eigenvalue weighted by molar-refractivity contribution is 6.11. The summed E-state index contributed by atoms with van der Waals surface area (Å²) in [7, 11) is 2.13. The first kappa shape index (κ1) is 17.6. The van der Waals surface area contributed by atoms with Crippen LogP contribution in [0.5, 0.6) is 0 Å². The van der Waals surface area contributed by atoms with E-state index in [0.29, 0.717) is 0 Å². The van der Waals surface area contributed by atoms with Gasteiger partial charge in [0.25, 0.3) is 0 Å². The van der Waals surface area contributed by atoms with Crippen LogP contribution >= 0.6 is 0 Å². The van der Waals surface area contributed by atoms with E-state index in [2.05, 4.69) is 121 Å². The van der Waals surface area contributed by atoms with Crippen molar-refractivity contribution in [2.75, 3.05) is 11.9 Å². The summed E-state index contributed by atoms with van der Waals surface area (Å²) in [5.41, 5.74) is 7.48. The molecule has 1 aliphatic carbocycles. The molecule has 1 aliphatic rings. The minimum atomic E-state index is 0.922. The lowest BCUT2D eigenvalue weighted by molar-refractivity contribution is 1.14. The van der Waals surface area contributed by atoms with Crippen LogP contribution in [0.25, 0.3) is 27.5 Å². The lowest BCUT2D eigenvalue weighted by Crippen LogP contribution is -2.08. The third kappa shape index (κ3) is 3.07. The molecule has 0 saturated heterocycles. The predicted molar refractivity (Wildman–Crippen MR) is 126 cm³/mol. The molecular weight excluding hydrogens is 352 g/mol. The van der Waals surface area contributed by atoms with Crippen molar-refractivity contribution in [2.45, 2.75) is 13.3 Å². The maximum atomic E-state index is 2.41. The second kappa shape index (κ2) is 7.14. The Bertz CT molecular complexity index is 1290. The molecular formula is C27H24N2. The van der Waals surface area contributed by atoms with Crippen molar-refractivity contribution in [3.05, 3.63) is 103 Å². The van der Waals surface area contributed by atoms with Crippen LogP contribution in [0.1, 0.15) is 12.0 Å². The average molecular weight is 377 g/mol. The maximum Gasteiger partial charge on any atom is 0.0539 e. The van der Waals surface area contributed by atoms with Gasteiger partial charge in [0.2, 0.25) is 0 Å². The first-order valence-corrected chi connectivity index (χ1v) is 10.1. The van der Waals surface area contributed by atoms with Crippen LogP contribution in [0.2, 0.25) is 0 Å². The maximum absolute atomic E-state index is 2.41. The number of nitrogens with zero attached hydrogens (tertiary/aromatic N) is 2. The van der Waals surface area contributed by atoms with E-state index >= 15 is 0 Å². The van der Waals surface area contributed by atoms with Gasteiger partial charge in [0.05, 0.1) is 11.0 Å². The van der Waals surface area contributed by atoms with Crippen LogP contribution in [0, 0.1) is 6.92 Å². The molecule has 0 spiro atoms. The molecule has 1 aromatic heterocycles. The number of rotatable bonds is 3. The molecule has 0 N–H and O–H groups in total. The van der Waals surface area contributed by atoms with Gasteiger partial charge in [0.1, 0.15) is 0 Å². The van der Waals surface area contributed by atoms with Gasteiger partial charge in [-0.1, -0.05) is 54.1 Å². The van der Waals surface area contributed by atoms with Crippen molar-refractivity contribution < 1.29 is 0 Å². The zero-order chi connectivity index (χ0) is 19.8. The van der Waals surface area contributed by atoms with E-state index in [0.717, 1.165) is 6.42 Å². The number of fused-ring (bicyclic) bond motifs is 3. The molecule has 0 bridgehead atoms. The minimum Gasteiger partial charge on any atom is -0.345 e. The summed E-state index contributed by atoms with van der Waals surface area (Å²) >= 11 is 0. The lowest BCUT2D eigenvalue weighted by atomic mass is 10.1. The molecule has 0 saturated carbocycles. The predicted octanol–water partition coefficient (Wildman–Crippen LogP) is 7.23. The monoisotopic (exact) mass is 376 g/mol. The number of aryl methyl sites for hydroxylation is 1. The summed E-state index contributed by atoms with van der Waals surface area (Å²) in [6.07, 6.45) is 11.7. The topological polar surface area (TPSA) is 8.17 Å². The molecule has 0 unspecified atom stereocenters. The van der Waals surface area contributed by atoms with E-state index in [1.165, 1.54) is 44.4 Å². The Labute approximate surface area is 171 Å². The molecule has 4 aromatic rings. The molecule has 0 aliphatic heterocycles. The molecule has 0 radical (unpaired) electrons. The Morgan fingerprint density at radius 3 is 2.34 bits per heavy atom. The van der Waals surface area contributed by atoms with Crippen molar-refractivity contribution in [1.29, 1.82) is 0 Å². The molecule has 29 heavy (non-hydrogen) atoms. The fraction of sp³-hybridized carbons (Fsp3) is 0.111. The van der Waals surface area contributed by atoms with Gasteiger partial charge in [0.15, 0.2) is 0 Å². The summed E-state index contributed by atoms with van der Waals surface area (Å²) in [5.74, 6) is 0. The van der Waals surface area contributed by atoms with E-state index in [9.17, 15) is 0 Å². The Kier molecular flexibility index (Phi) is 4.33. The minimum absolute atomic E-state index is 0.922. The van der Waals surface area contributed by atoms with E-state index < -0.39 is 0 Å². The van der Waals surface area contributed by atoms with Crippen LogP contribution in [0.4, 0.5) is 11.4 Å². The average Bonchev–Trinajstić information content (AvgIpc) is 2.90. The van der Waals surface area contributed by atoms with Crippen LogP contribution < -0.4 is 4.90 Å². The second-order valence-corrected chi connectivity index (χ2v) is 7.63. The molecule has 1 heterocycles. The summed E-state index contributed by atoms with van der Waals surface area (Å²) in [6.45, 7) is 2.17. The Balaban J connectivity index is 1.75. The first-order chi connectivity index (χ1) is 14.2. The largest absolute Gasteiger partial charge is 0.345 e. The zero-order valence-electron chi connectivity index (χ0n) is 16.8. The standard InChI is InChI=1S/C27H24N2/c1-20-14-16-26-24(18-20)25-19-23(28(2)21-10-8-5-9-11-21)15-17-27(25)29(26)22-12-6-3-4-7-13-22/h3-12,14-19H,13H2,1-2H3. The summed E-state index contributed by atoms with van der Waals surface area (Å²) in [5, 5.41) is 2.60. The molecule has 2 heteroatoms. The Hall–Kier alpha value is -3.52. The molecule has 0 amide bonds. The number of hydrogen-bond donors (Lipinski definition) is 0. The molecule has 2 nitrogen and oxygen atoms in total. The van der Waals surface area contributed by atoms with Gasteiger partial charge in [-0.15, -0.1) is 0 Å². The number of allylic oxidation sites excluding steroid dienone is 6. The summed E-state index contributed by atoms with van der Waals surface area (Å²) in [6, 6.07) is 24.1. The van der Waals surface area contributed by atoms with Crippen molar-refractivity contribution in [3.8, 4) is 0 Å². The highest BCUT2D eigenvalue weighted by Gasteiger charge is 2.15. The smallest absolute Gasteiger partial charge is 0.0539 e. The molecule has 5 rings (SSSR count). The third-order valence-corrected chi connectivity index (χ3v) is 5.70. The normalized spacial score (nSPS) is 13.7. The van der Waals surface area contributed by atoms with Gasteiger partial charge in [-0.2, -0.15) is 0 Å². The van der Waals surface area contributed by atoms with Crippen LogP contribution in [-0.2, 0) is 0 Å². The molecule has 0 atom stereocenters. The van der Waals surface area contributed by atoms with Crippen molar-refractivity contribution in [3.63, 3.8) is 0 Å². The molecule has 142 valence electrons. The number of aromatic nitrogens is 1. The van der Waals surface area contributed by atoms with E-state index in [1.54, 1.807) is 0 Å². The summed E-state index contributed by atoms with van der Waals surface area (Å²) < 4.78 is 2.41. The number of benzene rings is 3. The zero-order valence-corrected chi connectivity index (χ0v) is 16.8. The van der Waals surface area contributed by atoms with E-state index in [1.807, 2.05) is 0 Å². The van der Waals surface area contributed by atoms with E-state index in [-0.39, 0.29) is 0 Å². The highest BCUT2D eigenvalue weighted by Crippen LogP contribution is 2.36. The van der Waals surface area contributed by atoms with Gasteiger partial charge in [-0.05, 0) is 55.5 Å². The van der Waals surface area contributed by atoms with E-state index in [4.69, 9.17) is 0 Å². The van der Waals surface area contributed by atoms with Crippen molar-refractivity contribution in [1.82, 2.24) is 4.57 Å². The van der Waals surface area contributed by atoms with Gasteiger partial charge in [-0.3, -0.25) is 0 Å². The van der Waals surface area contributed by atoms with Crippen LogP contribution in [0.15, 0.2) is 97.1 Å². The van der Waals surface area contributed by atoms with Gasteiger partial charge in [-0.25, -0.2) is 0 Å². The van der Waals surface area contributed by atoms with Crippen molar-refractivity contribution >= 4 is 38.9 Å².